The zero-order valence-electron chi connectivity index (χ0n) is 9.50. The van der Waals surface area contributed by atoms with Crippen molar-refractivity contribution in [3.8, 4) is 0 Å². The number of thiol groups is 1. The summed E-state index contributed by atoms with van der Waals surface area (Å²) in [5.41, 5.74) is 0. The molecule has 0 aliphatic heterocycles. The molecule has 0 aliphatic carbocycles. The second-order valence-electron chi connectivity index (χ2n) is 2.68. The minimum absolute atomic E-state index is 0.229. The van der Waals surface area contributed by atoms with Gasteiger partial charge in [-0.25, -0.2) is 0 Å². The van der Waals surface area contributed by atoms with E-state index in [4.69, 9.17) is 3.50 Å². The normalized spacial score (nSPS) is 11.2. The molecule has 9 nitrogen and oxygen atoms in total. The molecule has 0 rings (SSSR count). The number of amides is 1. The minimum atomic E-state index is -1.95. The van der Waals surface area contributed by atoms with Gasteiger partial charge in [-0.1, -0.05) is 0 Å². The topological polar surface area (TPSA) is 157 Å². The Bertz CT molecular complexity index is 362. The third-order valence-electron chi connectivity index (χ3n) is 1.36. The predicted molar refractivity (Wildman–Crippen MR) is 57.2 cm³/mol. The Kier molecular flexibility index (Phi) is 13.8. The number of carboxylic acid groups (broad SMARTS) is 1. The van der Waals surface area contributed by atoms with Gasteiger partial charge in [-0.3, -0.25) is 9.79 Å². The van der Waals surface area contributed by atoms with E-state index in [2.05, 4.69) is 22.6 Å². The van der Waals surface area contributed by atoms with Gasteiger partial charge < -0.3 is 30.4 Å². The third-order valence-corrected chi connectivity index (χ3v) is 1.56. The van der Waals surface area contributed by atoms with Gasteiger partial charge in [0.15, 0.2) is 0 Å². The van der Waals surface area contributed by atoms with Gasteiger partial charge in [0.25, 0.3) is 5.91 Å². The van der Waals surface area contributed by atoms with Crippen LogP contribution in [0.15, 0.2) is 9.98 Å². The van der Waals surface area contributed by atoms with Gasteiger partial charge in [-0.2, -0.15) is 12.6 Å². The van der Waals surface area contributed by atoms with Crippen molar-refractivity contribution in [2.75, 3.05) is 25.4 Å². The van der Waals surface area contributed by atoms with Gasteiger partial charge in [0.2, 0.25) is 0 Å². The van der Waals surface area contributed by atoms with Gasteiger partial charge >= 0.3 is 22.4 Å². The zero-order chi connectivity index (χ0) is 15.3. The molecule has 1 N–H and O–H groups in total. The van der Waals surface area contributed by atoms with E-state index in [1.807, 2.05) is 0 Å². The van der Waals surface area contributed by atoms with E-state index < -0.39 is 36.8 Å². The predicted octanol–water partition coefficient (Wildman–Crippen LogP) is -4.82. The van der Waals surface area contributed by atoms with Crippen molar-refractivity contribution in [2.45, 2.75) is 0 Å². The van der Waals surface area contributed by atoms with Crippen molar-refractivity contribution >= 4 is 36.3 Å². The van der Waals surface area contributed by atoms with Crippen LogP contribution in [0.3, 0.4) is 0 Å². The first-order chi connectivity index (χ1) is 8.97. The van der Waals surface area contributed by atoms with Crippen molar-refractivity contribution in [2.24, 2.45) is 9.98 Å². The molecule has 106 valence electrons. The number of aliphatic carboxylic acids is 1. The maximum absolute atomic E-state index is 10.9. The van der Waals surface area contributed by atoms with Gasteiger partial charge in [0.05, 0.1) is 6.54 Å². The molecule has 0 radical (unpaired) electrons. The summed E-state index contributed by atoms with van der Waals surface area (Å²) in [6, 6.07) is 0. The molecule has 0 bridgehead atoms. The summed E-state index contributed by atoms with van der Waals surface area (Å²) in [4.78, 5) is 27.2. The molecule has 19 heavy (non-hydrogen) atoms. The summed E-state index contributed by atoms with van der Waals surface area (Å²) in [6.45, 7) is -0.812. The number of rotatable bonds is 6. The SMILES string of the molecule is O=C([O-])C(=O)NCC([O-])=NCC([O-])=NCCS.[O]=[99Tc+3]. The molecule has 0 aromatic rings. The number of carbonyl (C=O) groups excluding carboxylic acids is 2. The van der Waals surface area contributed by atoms with E-state index in [9.17, 15) is 24.9 Å². The number of carbonyl (C=O) groups is 2. The van der Waals surface area contributed by atoms with E-state index >= 15 is 0 Å². The van der Waals surface area contributed by atoms with Crippen molar-refractivity contribution in [1.82, 2.24) is 5.32 Å². The van der Waals surface area contributed by atoms with Crippen LogP contribution in [0.25, 0.3) is 0 Å². The molecule has 0 aromatic heterocycles. The molecular formula is C8H10N3O6STc. The molecular weight excluding hydrogens is 365 g/mol. The summed E-state index contributed by atoms with van der Waals surface area (Å²) in [7, 11) is 0. The van der Waals surface area contributed by atoms with Crippen LogP contribution in [0, 0.1) is 0 Å². The fourth-order valence-corrected chi connectivity index (χ4v) is 0.764. The Morgan fingerprint density at radius 2 is 1.68 bits per heavy atom. The van der Waals surface area contributed by atoms with E-state index in [0.717, 1.165) is 18.9 Å². The molecule has 11 heteroatoms. The second kappa shape index (κ2) is 13.1. The Balaban J connectivity index is 0. The van der Waals surface area contributed by atoms with Crippen LogP contribution in [0.5, 0.6) is 0 Å². The number of hydrogen-bond acceptors (Lipinski definition) is 9. The Hall–Kier alpha value is -1.32. The fraction of sp³-hybridized carbons (Fsp3) is 0.500. The number of carboxylic acids is 1. The van der Waals surface area contributed by atoms with Crippen LogP contribution in [-0.4, -0.2) is 49.1 Å². The molecule has 0 spiro atoms. The van der Waals surface area contributed by atoms with Crippen molar-refractivity contribution in [3.05, 3.63) is 0 Å². The van der Waals surface area contributed by atoms with Crippen LogP contribution in [0.4, 0.5) is 0 Å². The standard InChI is InChI=1S/C8H13N3O5S.O.Tc/c12-5(9-1-2-17)3-10-6(13)4-11-7(14)8(15)16;;/h17H,1-4H2,(H,9,12)(H,10,13)(H,11,14)(H,15,16);;/q;;+3/p-3/i;;1+1. The number of aliphatic imine (C=N–C) groups is 2. The van der Waals surface area contributed by atoms with E-state index in [0.29, 0.717) is 5.75 Å². The average molecular weight is 375 g/mol. The monoisotopic (exact) mass is 375 g/mol. The number of nitrogens with one attached hydrogen (secondary N) is 1. The summed E-state index contributed by atoms with van der Waals surface area (Å²) in [5, 5.41) is 33.6. The first-order valence-electron chi connectivity index (χ1n) is 4.63. The van der Waals surface area contributed by atoms with Crippen LogP contribution < -0.4 is 20.6 Å². The second-order valence-corrected chi connectivity index (χ2v) is 3.13. The molecule has 0 heterocycles. The summed E-state index contributed by atoms with van der Waals surface area (Å²) < 4.78 is 8.22. The molecule has 0 saturated heterocycles. The summed E-state index contributed by atoms with van der Waals surface area (Å²) >= 11 is 4.73. The van der Waals surface area contributed by atoms with Crippen LogP contribution >= 0.6 is 12.6 Å². The molecule has 0 aliphatic rings. The Morgan fingerprint density at radius 3 is 2.16 bits per heavy atom. The Morgan fingerprint density at radius 1 is 1.11 bits per heavy atom. The van der Waals surface area contributed by atoms with E-state index in [1.54, 1.807) is 5.32 Å². The maximum atomic E-state index is 10.9. The van der Waals surface area contributed by atoms with Crippen molar-refractivity contribution in [3.63, 3.8) is 0 Å². The van der Waals surface area contributed by atoms with Gasteiger partial charge in [-0.05, 0) is 11.8 Å². The quantitative estimate of drug-likeness (QED) is 0.205. The molecule has 0 fully saturated rings. The van der Waals surface area contributed by atoms with Crippen LogP contribution in [-0.2, 0) is 31.9 Å². The van der Waals surface area contributed by atoms with Crippen LogP contribution in [0.1, 0.15) is 0 Å². The molecule has 1 amide bonds. The van der Waals surface area contributed by atoms with Gasteiger partial charge in [-0.15, -0.1) is 0 Å². The fourth-order valence-electron chi connectivity index (χ4n) is 0.664. The zero-order valence-corrected chi connectivity index (χ0v) is 12.3. The van der Waals surface area contributed by atoms with Gasteiger partial charge in [0, 0.05) is 18.8 Å². The first-order valence-corrected chi connectivity index (χ1v) is 6.02. The number of hydrogen-bond donors (Lipinski definition) is 2. The first kappa shape index (κ1) is 20.0. The molecule has 0 unspecified atom stereocenters. The van der Waals surface area contributed by atoms with Gasteiger partial charge in [0.1, 0.15) is 5.97 Å². The van der Waals surface area contributed by atoms with E-state index in [-0.39, 0.29) is 6.54 Å². The molecule has 0 atom stereocenters. The summed E-state index contributed by atoms with van der Waals surface area (Å²) in [6.07, 6.45) is 0. The van der Waals surface area contributed by atoms with Crippen molar-refractivity contribution < 1.29 is 47.3 Å². The Labute approximate surface area is 124 Å². The third kappa shape index (κ3) is 12.9. The van der Waals surface area contributed by atoms with Crippen molar-refractivity contribution in [1.29, 1.82) is 0 Å². The summed E-state index contributed by atoms with van der Waals surface area (Å²) in [5.74, 6) is -4.37. The average Bonchev–Trinajstić information content (AvgIpc) is 2.42. The molecule has 0 aromatic carbocycles. The molecule has 0 saturated carbocycles. The number of nitrogens with zero attached hydrogens (tertiary/aromatic N) is 2. The van der Waals surface area contributed by atoms with E-state index in [1.165, 1.54) is 0 Å². The van der Waals surface area contributed by atoms with Crippen LogP contribution in [0.2, 0.25) is 0 Å².